The fourth-order valence-electron chi connectivity index (χ4n) is 3.16. The van der Waals surface area contributed by atoms with Gasteiger partial charge in [-0.15, -0.1) is 0 Å². The van der Waals surface area contributed by atoms with E-state index >= 15 is 0 Å². The highest BCUT2D eigenvalue weighted by atomic mass is 16.4. The van der Waals surface area contributed by atoms with Crippen LogP contribution in [0.3, 0.4) is 0 Å². The lowest BCUT2D eigenvalue weighted by molar-refractivity contribution is -0.142. The maximum atomic E-state index is 12.9. The standard InChI is InChI=1S/C21H37N9O5/c1-11(2)7-14(22)18(32)28-12(3)17(31)30-16(8-13-9-25-10-27-13)19(33)29-15(20(34)35)5-4-6-26-21(23)24/h9-12,14-16H,4-8,22H2,1-3H3,(H,25,27)(H,28,32)(H,29,33)(H,30,31)(H,34,35)(H4,23,24,26). The van der Waals surface area contributed by atoms with Gasteiger partial charge in [-0.25, -0.2) is 9.78 Å². The Morgan fingerprint density at radius 3 is 2.26 bits per heavy atom. The number of amides is 3. The molecule has 0 spiro atoms. The van der Waals surface area contributed by atoms with Gasteiger partial charge in [-0.2, -0.15) is 0 Å². The first-order valence-corrected chi connectivity index (χ1v) is 11.3. The minimum absolute atomic E-state index is 0.0193. The number of carboxylic acids is 1. The number of H-pyrrole nitrogens is 1. The summed E-state index contributed by atoms with van der Waals surface area (Å²) in [7, 11) is 0. The lowest BCUT2D eigenvalue weighted by Crippen LogP contribution is -2.57. The number of aromatic amines is 1. The zero-order valence-electron chi connectivity index (χ0n) is 20.3. The normalized spacial score (nSPS) is 14.3. The number of rotatable bonds is 15. The molecule has 11 N–H and O–H groups in total. The molecule has 1 heterocycles. The first kappa shape index (κ1) is 29.4. The van der Waals surface area contributed by atoms with E-state index in [1.807, 2.05) is 13.8 Å². The van der Waals surface area contributed by atoms with Crippen LogP contribution < -0.4 is 33.2 Å². The van der Waals surface area contributed by atoms with Crippen molar-refractivity contribution in [3.63, 3.8) is 0 Å². The highest BCUT2D eigenvalue weighted by Crippen LogP contribution is 2.05. The molecule has 4 unspecified atom stereocenters. The SMILES string of the molecule is CC(C)CC(N)C(=O)NC(C)C(=O)NC(Cc1cnc[nH]1)C(=O)NC(CCCN=C(N)N)C(=O)O. The van der Waals surface area contributed by atoms with Crippen LogP contribution in [-0.2, 0) is 25.6 Å². The fourth-order valence-corrected chi connectivity index (χ4v) is 3.16. The van der Waals surface area contributed by atoms with E-state index in [1.165, 1.54) is 19.4 Å². The highest BCUT2D eigenvalue weighted by Gasteiger charge is 2.29. The summed E-state index contributed by atoms with van der Waals surface area (Å²) in [4.78, 5) is 60.1. The molecular formula is C21H37N9O5. The van der Waals surface area contributed by atoms with E-state index in [0.29, 0.717) is 18.5 Å². The molecule has 0 fully saturated rings. The Morgan fingerprint density at radius 1 is 1.06 bits per heavy atom. The van der Waals surface area contributed by atoms with E-state index in [-0.39, 0.29) is 31.3 Å². The molecule has 0 saturated heterocycles. The maximum absolute atomic E-state index is 12.9. The predicted octanol–water partition coefficient (Wildman–Crippen LogP) is -2.06. The van der Waals surface area contributed by atoms with E-state index in [1.54, 1.807) is 0 Å². The minimum Gasteiger partial charge on any atom is -0.480 e. The zero-order chi connectivity index (χ0) is 26.5. The summed E-state index contributed by atoms with van der Waals surface area (Å²) in [6.07, 6.45) is 3.74. The van der Waals surface area contributed by atoms with Crippen molar-refractivity contribution >= 4 is 29.7 Å². The first-order chi connectivity index (χ1) is 16.4. The van der Waals surface area contributed by atoms with Gasteiger partial charge in [-0.05, 0) is 32.1 Å². The molecule has 3 amide bonds. The largest absolute Gasteiger partial charge is 0.480 e. The molecule has 1 aromatic rings. The summed E-state index contributed by atoms with van der Waals surface area (Å²) >= 11 is 0. The van der Waals surface area contributed by atoms with Crippen LogP contribution in [0.5, 0.6) is 0 Å². The number of hydrogen-bond donors (Lipinski definition) is 8. The molecule has 1 aromatic heterocycles. The van der Waals surface area contributed by atoms with Gasteiger partial charge < -0.3 is 43.2 Å². The van der Waals surface area contributed by atoms with Gasteiger partial charge >= 0.3 is 5.97 Å². The molecule has 35 heavy (non-hydrogen) atoms. The summed E-state index contributed by atoms with van der Waals surface area (Å²) in [5, 5.41) is 17.0. The van der Waals surface area contributed by atoms with Crippen molar-refractivity contribution < 1.29 is 24.3 Å². The number of aliphatic imine (C=N–C) groups is 1. The van der Waals surface area contributed by atoms with Gasteiger partial charge in [0.25, 0.3) is 0 Å². The molecule has 4 atom stereocenters. The molecule has 0 aliphatic carbocycles. The Morgan fingerprint density at radius 2 is 1.71 bits per heavy atom. The first-order valence-electron chi connectivity index (χ1n) is 11.3. The van der Waals surface area contributed by atoms with E-state index in [0.717, 1.165) is 0 Å². The number of nitrogens with zero attached hydrogens (tertiary/aromatic N) is 2. The second-order valence-corrected chi connectivity index (χ2v) is 8.66. The second kappa shape index (κ2) is 14.6. The molecule has 14 nitrogen and oxygen atoms in total. The van der Waals surface area contributed by atoms with Crippen LogP contribution in [0, 0.1) is 5.92 Å². The van der Waals surface area contributed by atoms with Crippen molar-refractivity contribution in [2.45, 2.75) is 70.6 Å². The average molecular weight is 496 g/mol. The molecule has 14 heteroatoms. The van der Waals surface area contributed by atoms with Gasteiger partial charge in [-0.3, -0.25) is 19.4 Å². The molecule has 0 aliphatic rings. The number of guanidine groups is 1. The zero-order valence-corrected chi connectivity index (χ0v) is 20.3. The van der Waals surface area contributed by atoms with Crippen LogP contribution in [0.2, 0.25) is 0 Å². The van der Waals surface area contributed by atoms with Gasteiger partial charge in [0.15, 0.2) is 5.96 Å². The molecule has 0 aromatic carbocycles. The Bertz CT molecular complexity index is 869. The van der Waals surface area contributed by atoms with Crippen LogP contribution >= 0.6 is 0 Å². The predicted molar refractivity (Wildman–Crippen MR) is 129 cm³/mol. The molecule has 1 rings (SSSR count). The number of aromatic nitrogens is 2. The van der Waals surface area contributed by atoms with E-state index in [9.17, 15) is 24.3 Å². The van der Waals surface area contributed by atoms with Crippen molar-refractivity contribution in [3.8, 4) is 0 Å². The lowest BCUT2D eigenvalue weighted by Gasteiger charge is -2.23. The van der Waals surface area contributed by atoms with E-state index in [2.05, 4.69) is 30.9 Å². The Kier molecular flexibility index (Phi) is 12.2. The minimum atomic E-state index is -1.24. The molecular weight excluding hydrogens is 458 g/mol. The summed E-state index contributed by atoms with van der Waals surface area (Å²) in [6.45, 7) is 5.51. The van der Waals surface area contributed by atoms with E-state index < -0.39 is 47.9 Å². The summed E-state index contributed by atoms with van der Waals surface area (Å²) in [6, 6.07) is -4.10. The number of nitrogens with two attached hydrogens (primary N) is 3. The quantitative estimate of drug-likeness (QED) is 0.0756. The van der Waals surface area contributed by atoms with Crippen molar-refractivity contribution in [2.75, 3.05) is 6.54 Å². The summed E-state index contributed by atoms with van der Waals surface area (Å²) < 4.78 is 0. The third-order valence-corrected chi connectivity index (χ3v) is 4.99. The molecule has 0 saturated carbocycles. The summed E-state index contributed by atoms with van der Waals surface area (Å²) in [5.41, 5.74) is 16.9. The number of carboxylic acid groups (broad SMARTS) is 1. The number of aliphatic carboxylic acids is 1. The van der Waals surface area contributed by atoms with Crippen molar-refractivity contribution in [1.29, 1.82) is 0 Å². The maximum Gasteiger partial charge on any atom is 0.326 e. The third kappa shape index (κ3) is 11.3. The van der Waals surface area contributed by atoms with Crippen LogP contribution in [0.4, 0.5) is 0 Å². The number of hydrogen-bond acceptors (Lipinski definition) is 7. The Hall–Kier alpha value is -3.68. The average Bonchev–Trinajstić information content (AvgIpc) is 3.27. The Labute approximate surface area is 203 Å². The number of carbonyl (C=O) groups is 4. The molecule has 0 aliphatic heterocycles. The van der Waals surface area contributed by atoms with Gasteiger partial charge in [-0.1, -0.05) is 13.8 Å². The fraction of sp³-hybridized carbons (Fsp3) is 0.619. The van der Waals surface area contributed by atoms with Crippen LogP contribution in [0.15, 0.2) is 17.5 Å². The number of imidazole rings is 1. The number of carbonyl (C=O) groups excluding carboxylic acids is 3. The molecule has 0 radical (unpaired) electrons. The molecule has 196 valence electrons. The van der Waals surface area contributed by atoms with Crippen molar-refractivity contribution in [2.24, 2.45) is 28.1 Å². The highest BCUT2D eigenvalue weighted by molar-refractivity contribution is 5.94. The van der Waals surface area contributed by atoms with Gasteiger partial charge in [0.2, 0.25) is 17.7 Å². The second-order valence-electron chi connectivity index (χ2n) is 8.66. The lowest BCUT2D eigenvalue weighted by atomic mass is 10.0. The topological polar surface area (TPSA) is 244 Å². The number of nitrogens with one attached hydrogen (secondary N) is 4. The van der Waals surface area contributed by atoms with E-state index in [4.69, 9.17) is 17.2 Å². The van der Waals surface area contributed by atoms with Crippen molar-refractivity contribution in [3.05, 3.63) is 18.2 Å². The Balaban J connectivity index is 2.85. The third-order valence-electron chi connectivity index (χ3n) is 4.99. The smallest absolute Gasteiger partial charge is 0.326 e. The van der Waals surface area contributed by atoms with Gasteiger partial charge in [0, 0.05) is 24.9 Å². The van der Waals surface area contributed by atoms with Crippen LogP contribution in [-0.4, -0.2) is 75.4 Å². The summed E-state index contributed by atoms with van der Waals surface area (Å²) in [5.74, 6) is -2.98. The van der Waals surface area contributed by atoms with Crippen molar-refractivity contribution in [1.82, 2.24) is 25.9 Å². The monoisotopic (exact) mass is 495 g/mol. The van der Waals surface area contributed by atoms with Crippen LogP contribution in [0.1, 0.15) is 45.7 Å². The van der Waals surface area contributed by atoms with Crippen LogP contribution in [0.25, 0.3) is 0 Å². The van der Waals surface area contributed by atoms with Gasteiger partial charge in [0.05, 0.1) is 12.4 Å². The molecule has 0 bridgehead atoms. The van der Waals surface area contributed by atoms with Gasteiger partial charge in [0.1, 0.15) is 18.1 Å².